The van der Waals surface area contributed by atoms with Crippen molar-refractivity contribution in [3.63, 3.8) is 0 Å². The molecule has 2 rings (SSSR count). The van der Waals surface area contributed by atoms with Crippen molar-refractivity contribution in [1.82, 2.24) is 9.97 Å². The van der Waals surface area contributed by atoms with E-state index in [4.69, 9.17) is 5.73 Å². The molecule has 2 aromatic heterocycles. The quantitative estimate of drug-likeness (QED) is 0.904. The molecule has 6 nitrogen and oxygen atoms in total. The van der Waals surface area contributed by atoms with E-state index in [2.05, 4.69) is 15.3 Å². The molecule has 0 saturated carbocycles. The molecule has 0 aliphatic rings. The van der Waals surface area contributed by atoms with Crippen LogP contribution in [-0.2, 0) is 6.18 Å². The predicted octanol–water partition coefficient (Wildman–Crippen LogP) is 1.85. The minimum atomic E-state index is -4.54. The summed E-state index contributed by atoms with van der Waals surface area (Å²) in [5.74, 6) is -1.73. The molecule has 0 aliphatic carbocycles. The number of carbonyl (C=O) groups excluding carboxylic acids is 2. The number of hydrogen-bond acceptors (Lipinski definition) is 4. The van der Waals surface area contributed by atoms with E-state index in [1.807, 2.05) is 0 Å². The highest BCUT2D eigenvalue weighted by molar-refractivity contribution is 6.02. The summed E-state index contributed by atoms with van der Waals surface area (Å²) in [5, 5.41) is 2.19. The number of amides is 2. The SMILES string of the molecule is NC(=O)c1ccc(C(=O)Nc2cc(C(F)(F)F)ccn2)nc1. The van der Waals surface area contributed by atoms with Gasteiger partial charge in [0.15, 0.2) is 0 Å². The Morgan fingerprint density at radius 1 is 1.14 bits per heavy atom. The molecule has 0 aliphatic heterocycles. The summed E-state index contributed by atoms with van der Waals surface area (Å²) in [7, 11) is 0. The third-order valence-electron chi connectivity index (χ3n) is 2.61. The smallest absolute Gasteiger partial charge is 0.366 e. The van der Waals surface area contributed by atoms with E-state index < -0.39 is 23.6 Å². The van der Waals surface area contributed by atoms with Crippen LogP contribution in [0.4, 0.5) is 19.0 Å². The molecule has 2 heterocycles. The van der Waals surface area contributed by atoms with Gasteiger partial charge in [-0.05, 0) is 24.3 Å². The molecular formula is C13H9F3N4O2. The predicted molar refractivity (Wildman–Crippen MR) is 69.9 cm³/mol. The molecule has 0 fully saturated rings. The molecule has 0 aromatic carbocycles. The van der Waals surface area contributed by atoms with Gasteiger partial charge in [-0.3, -0.25) is 14.6 Å². The van der Waals surface area contributed by atoms with Crippen molar-refractivity contribution in [1.29, 1.82) is 0 Å². The zero-order valence-corrected chi connectivity index (χ0v) is 10.9. The van der Waals surface area contributed by atoms with Crippen LogP contribution in [0, 0.1) is 0 Å². The molecule has 0 unspecified atom stereocenters. The number of aromatic nitrogens is 2. The van der Waals surface area contributed by atoms with Gasteiger partial charge < -0.3 is 11.1 Å². The summed E-state index contributed by atoms with van der Waals surface area (Å²) in [6.07, 6.45) is -2.51. The van der Waals surface area contributed by atoms with Gasteiger partial charge in [0.05, 0.1) is 11.1 Å². The largest absolute Gasteiger partial charge is 0.416 e. The first-order valence-corrected chi connectivity index (χ1v) is 5.88. The Morgan fingerprint density at radius 2 is 1.86 bits per heavy atom. The van der Waals surface area contributed by atoms with E-state index in [0.717, 1.165) is 18.5 Å². The number of pyridine rings is 2. The molecule has 0 saturated heterocycles. The van der Waals surface area contributed by atoms with Gasteiger partial charge in [0, 0.05) is 12.4 Å². The number of nitrogens with one attached hydrogen (secondary N) is 1. The zero-order chi connectivity index (χ0) is 16.3. The highest BCUT2D eigenvalue weighted by atomic mass is 19.4. The lowest BCUT2D eigenvalue weighted by Crippen LogP contribution is -2.17. The molecule has 0 radical (unpaired) electrons. The molecule has 0 atom stereocenters. The lowest BCUT2D eigenvalue weighted by Gasteiger charge is -2.08. The highest BCUT2D eigenvalue weighted by Crippen LogP contribution is 2.29. The van der Waals surface area contributed by atoms with Crippen LogP contribution in [0.1, 0.15) is 26.4 Å². The van der Waals surface area contributed by atoms with Crippen LogP contribution in [0.2, 0.25) is 0 Å². The van der Waals surface area contributed by atoms with Gasteiger partial charge in [-0.15, -0.1) is 0 Å². The van der Waals surface area contributed by atoms with Crippen LogP contribution in [0.25, 0.3) is 0 Å². The van der Waals surface area contributed by atoms with Gasteiger partial charge in [-0.1, -0.05) is 0 Å². The summed E-state index contributed by atoms with van der Waals surface area (Å²) in [6.45, 7) is 0. The third-order valence-corrected chi connectivity index (χ3v) is 2.61. The Morgan fingerprint density at radius 3 is 2.41 bits per heavy atom. The Labute approximate surface area is 122 Å². The van der Waals surface area contributed by atoms with Gasteiger partial charge in [0.1, 0.15) is 11.5 Å². The van der Waals surface area contributed by atoms with Crippen LogP contribution in [0.3, 0.4) is 0 Å². The maximum Gasteiger partial charge on any atom is 0.416 e. The monoisotopic (exact) mass is 310 g/mol. The van der Waals surface area contributed by atoms with Crippen LogP contribution in [0.15, 0.2) is 36.7 Å². The summed E-state index contributed by atoms with van der Waals surface area (Å²) in [5.41, 5.74) is 4.10. The second kappa shape index (κ2) is 5.80. The molecule has 114 valence electrons. The zero-order valence-electron chi connectivity index (χ0n) is 10.9. The van der Waals surface area contributed by atoms with Crippen molar-refractivity contribution in [2.24, 2.45) is 5.73 Å². The Hall–Kier alpha value is -2.97. The summed E-state index contributed by atoms with van der Waals surface area (Å²) < 4.78 is 37.7. The van der Waals surface area contributed by atoms with Crippen molar-refractivity contribution in [3.8, 4) is 0 Å². The van der Waals surface area contributed by atoms with Gasteiger partial charge in [-0.2, -0.15) is 13.2 Å². The third kappa shape index (κ3) is 3.57. The number of carbonyl (C=O) groups is 2. The van der Waals surface area contributed by atoms with Crippen molar-refractivity contribution >= 4 is 17.6 Å². The van der Waals surface area contributed by atoms with Crippen molar-refractivity contribution in [2.45, 2.75) is 6.18 Å². The van der Waals surface area contributed by atoms with Crippen molar-refractivity contribution in [2.75, 3.05) is 5.32 Å². The van der Waals surface area contributed by atoms with Gasteiger partial charge in [0.25, 0.3) is 5.91 Å². The molecule has 0 spiro atoms. The summed E-state index contributed by atoms with van der Waals surface area (Å²) >= 11 is 0. The van der Waals surface area contributed by atoms with E-state index in [1.165, 1.54) is 12.1 Å². The first kappa shape index (κ1) is 15.4. The Balaban J connectivity index is 2.17. The Bertz CT molecular complexity index is 714. The lowest BCUT2D eigenvalue weighted by atomic mass is 10.2. The van der Waals surface area contributed by atoms with E-state index in [9.17, 15) is 22.8 Å². The number of halogens is 3. The summed E-state index contributed by atoms with van der Waals surface area (Å²) in [4.78, 5) is 30.0. The van der Waals surface area contributed by atoms with E-state index in [-0.39, 0.29) is 17.1 Å². The van der Waals surface area contributed by atoms with Gasteiger partial charge in [0.2, 0.25) is 5.91 Å². The van der Waals surface area contributed by atoms with Gasteiger partial charge >= 0.3 is 6.18 Å². The molecule has 22 heavy (non-hydrogen) atoms. The number of nitrogens with two attached hydrogens (primary N) is 1. The van der Waals surface area contributed by atoms with Gasteiger partial charge in [-0.25, -0.2) is 4.98 Å². The standard InChI is InChI=1S/C13H9F3N4O2/c14-13(15,16)8-3-4-18-10(5-8)20-12(22)9-2-1-7(6-19-9)11(17)21/h1-6H,(H2,17,21)(H,18,20,22). The fourth-order valence-electron chi connectivity index (χ4n) is 1.53. The van der Waals surface area contributed by atoms with E-state index in [0.29, 0.717) is 6.07 Å². The molecule has 2 aromatic rings. The molecule has 0 bridgehead atoms. The number of rotatable bonds is 3. The van der Waals surface area contributed by atoms with Crippen LogP contribution in [-0.4, -0.2) is 21.8 Å². The van der Waals surface area contributed by atoms with Crippen LogP contribution >= 0.6 is 0 Å². The molecular weight excluding hydrogens is 301 g/mol. The molecule has 9 heteroatoms. The van der Waals surface area contributed by atoms with Crippen molar-refractivity contribution < 1.29 is 22.8 Å². The lowest BCUT2D eigenvalue weighted by molar-refractivity contribution is -0.137. The number of alkyl halides is 3. The second-order valence-electron chi connectivity index (χ2n) is 4.18. The second-order valence-corrected chi connectivity index (χ2v) is 4.18. The summed E-state index contributed by atoms with van der Waals surface area (Å²) in [6, 6.07) is 4.00. The molecule has 3 N–H and O–H groups in total. The minimum Gasteiger partial charge on any atom is -0.366 e. The highest BCUT2D eigenvalue weighted by Gasteiger charge is 2.30. The fraction of sp³-hybridized carbons (Fsp3) is 0.0769. The fourth-order valence-corrected chi connectivity index (χ4v) is 1.53. The van der Waals surface area contributed by atoms with Crippen molar-refractivity contribution in [3.05, 3.63) is 53.5 Å². The number of nitrogens with zero attached hydrogens (tertiary/aromatic N) is 2. The molecule has 2 amide bonds. The maximum absolute atomic E-state index is 12.6. The van der Waals surface area contributed by atoms with Crippen LogP contribution in [0.5, 0.6) is 0 Å². The average Bonchev–Trinajstić information content (AvgIpc) is 2.46. The minimum absolute atomic E-state index is 0.0933. The van der Waals surface area contributed by atoms with Crippen LogP contribution < -0.4 is 11.1 Å². The maximum atomic E-state index is 12.6. The average molecular weight is 310 g/mol. The first-order chi connectivity index (χ1) is 10.3. The van der Waals surface area contributed by atoms with E-state index >= 15 is 0 Å². The topological polar surface area (TPSA) is 98.0 Å². The van der Waals surface area contributed by atoms with E-state index in [1.54, 1.807) is 0 Å². The number of anilines is 1. The number of hydrogen-bond donors (Lipinski definition) is 2. The Kier molecular flexibility index (Phi) is 4.06. The first-order valence-electron chi connectivity index (χ1n) is 5.88. The normalized spacial score (nSPS) is 11.0. The number of primary amides is 1.